The topological polar surface area (TPSA) is 94.6 Å². The molecular weight excluding hydrogens is 268 g/mol. The number of esters is 1. The molecule has 1 atom stereocenters. The summed E-state index contributed by atoms with van der Waals surface area (Å²) in [6.45, 7) is 1.41. The van der Waals surface area contributed by atoms with Crippen LogP contribution in [0.4, 0.5) is 0 Å². The van der Waals surface area contributed by atoms with E-state index in [1.54, 1.807) is 0 Å². The van der Waals surface area contributed by atoms with Crippen molar-refractivity contribution in [2.75, 3.05) is 24.9 Å². The molecule has 0 N–H and O–H groups in total. The van der Waals surface area contributed by atoms with E-state index in [0.29, 0.717) is 0 Å². The summed E-state index contributed by atoms with van der Waals surface area (Å²) in [5, 5.41) is -0.852. The number of carbonyl (C=O) groups is 1. The minimum absolute atomic E-state index is 0.0483. The van der Waals surface area contributed by atoms with Crippen molar-refractivity contribution in [3.8, 4) is 0 Å². The minimum Gasteiger partial charge on any atom is -0.469 e. The Bertz CT molecular complexity index is 448. The first kappa shape index (κ1) is 16.4. The van der Waals surface area contributed by atoms with Gasteiger partial charge in [0.05, 0.1) is 30.3 Å². The molecule has 0 amide bonds. The molecule has 0 aromatic rings. The van der Waals surface area contributed by atoms with Crippen LogP contribution in [0.25, 0.3) is 0 Å². The van der Waals surface area contributed by atoms with Crippen LogP contribution < -0.4 is 0 Å². The fraction of sp³-hybridized carbons (Fsp3) is 0.889. The van der Waals surface area contributed by atoms with E-state index in [2.05, 4.69) is 4.74 Å². The van der Waals surface area contributed by atoms with E-state index in [-0.39, 0.29) is 24.3 Å². The molecule has 0 aliphatic rings. The maximum Gasteiger partial charge on any atom is 0.306 e. The third kappa shape index (κ3) is 7.32. The van der Waals surface area contributed by atoms with Crippen LogP contribution in [0.3, 0.4) is 0 Å². The van der Waals surface area contributed by atoms with E-state index in [0.717, 1.165) is 6.26 Å². The average Bonchev–Trinajstić information content (AvgIpc) is 2.14. The molecule has 0 saturated carbocycles. The highest BCUT2D eigenvalue weighted by molar-refractivity contribution is 7.92. The van der Waals surface area contributed by atoms with Gasteiger partial charge in [-0.15, -0.1) is 0 Å². The van der Waals surface area contributed by atoms with Crippen molar-refractivity contribution < 1.29 is 26.4 Å². The largest absolute Gasteiger partial charge is 0.469 e. The lowest BCUT2D eigenvalue weighted by atomic mass is 10.3. The summed E-state index contributed by atoms with van der Waals surface area (Å²) in [6, 6.07) is 0. The van der Waals surface area contributed by atoms with Gasteiger partial charge in [-0.1, -0.05) is 0 Å². The van der Waals surface area contributed by atoms with Crippen LogP contribution in [0.15, 0.2) is 0 Å². The number of methoxy groups -OCH3 is 1. The van der Waals surface area contributed by atoms with Gasteiger partial charge in [-0.2, -0.15) is 0 Å². The SMILES string of the molecule is COC(=O)CC(C)S(=O)(=O)CCCS(C)(=O)=O. The van der Waals surface area contributed by atoms with Crippen molar-refractivity contribution >= 4 is 25.6 Å². The summed E-state index contributed by atoms with van der Waals surface area (Å²) in [5.41, 5.74) is 0. The van der Waals surface area contributed by atoms with Crippen LogP contribution >= 0.6 is 0 Å². The van der Waals surface area contributed by atoms with E-state index >= 15 is 0 Å². The number of ether oxygens (including phenoxy) is 1. The lowest BCUT2D eigenvalue weighted by Crippen LogP contribution is -2.25. The van der Waals surface area contributed by atoms with E-state index in [9.17, 15) is 21.6 Å². The molecule has 1 unspecified atom stereocenters. The van der Waals surface area contributed by atoms with Gasteiger partial charge in [0.25, 0.3) is 0 Å². The molecule has 0 rings (SSSR count). The molecule has 8 heteroatoms. The van der Waals surface area contributed by atoms with Crippen LogP contribution in [0, 0.1) is 0 Å². The molecule has 102 valence electrons. The first-order valence-electron chi connectivity index (χ1n) is 5.04. The molecule has 6 nitrogen and oxygen atoms in total. The summed E-state index contributed by atoms with van der Waals surface area (Å²) >= 11 is 0. The molecule has 0 aliphatic carbocycles. The lowest BCUT2D eigenvalue weighted by molar-refractivity contribution is -0.140. The predicted octanol–water partition coefficient (Wildman–Crippen LogP) is -0.212. The Balaban J connectivity index is 4.34. The summed E-state index contributed by atoms with van der Waals surface area (Å²) < 4.78 is 49.4. The Kier molecular flexibility index (Phi) is 6.11. The number of sulfone groups is 2. The van der Waals surface area contributed by atoms with Crippen molar-refractivity contribution in [2.45, 2.75) is 25.0 Å². The summed E-state index contributed by atoms with van der Waals surface area (Å²) in [5.74, 6) is -1.00. The molecule has 0 aromatic heterocycles. The fourth-order valence-corrected chi connectivity index (χ4v) is 3.36. The van der Waals surface area contributed by atoms with E-state index in [1.807, 2.05) is 0 Å². The van der Waals surface area contributed by atoms with E-state index < -0.39 is 30.9 Å². The van der Waals surface area contributed by atoms with Crippen molar-refractivity contribution in [1.29, 1.82) is 0 Å². The zero-order valence-corrected chi connectivity index (χ0v) is 11.8. The number of rotatable bonds is 7. The van der Waals surface area contributed by atoms with E-state index in [4.69, 9.17) is 0 Å². The second-order valence-corrected chi connectivity index (χ2v) is 8.74. The summed E-state index contributed by atoms with van der Waals surface area (Å²) in [6.07, 6.45) is 0.891. The molecule has 0 spiro atoms. The quantitative estimate of drug-likeness (QED) is 0.601. The summed E-state index contributed by atoms with van der Waals surface area (Å²) in [4.78, 5) is 10.9. The average molecular weight is 286 g/mol. The van der Waals surface area contributed by atoms with Crippen LogP contribution in [-0.2, 0) is 29.2 Å². The van der Waals surface area contributed by atoms with Gasteiger partial charge in [0.2, 0.25) is 0 Å². The standard InChI is InChI=1S/C9H18O6S2/c1-8(7-9(10)15-2)17(13,14)6-4-5-16(3,11)12/h8H,4-7H2,1-3H3. The Morgan fingerprint density at radius 1 is 1.18 bits per heavy atom. The lowest BCUT2D eigenvalue weighted by Gasteiger charge is -2.11. The molecule has 0 bridgehead atoms. The zero-order valence-electron chi connectivity index (χ0n) is 10.2. The van der Waals surface area contributed by atoms with Gasteiger partial charge in [-0.05, 0) is 13.3 Å². The highest BCUT2D eigenvalue weighted by atomic mass is 32.2. The Labute approximate surface area is 102 Å². The molecule has 0 aliphatic heterocycles. The Hall–Kier alpha value is -0.630. The summed E-state index contributed by atoms with van der Waals surface area (Å²) in [7, 11) is -5.42. The maximum atomic E-state index is 11.7. The third-order valence-corrected chi connectivity index (χ3v) is 5.52. The van der Waals surface area contributed by atoms with Crippen molar-refractivity contribution in [1.82, 2.24) is 0 Å². The van der Waals surface area contributed by atoms with Gasteiger partial charge < -0.3 is 4.74 Å². The van der Waals surface area contributed by atoms with Crippen molar-refractivity contribution in [3.05, 3.63) is 0 Å². The van der Waals surface area contributed by atoms with Crippen molar-refractivity contribution in [2.24, 2.45) is 0 Å². The van der Waals surface area contributed by atoms with Crippen LogP contribution in [0.1, 0.15) is 19.8 Å². The zero-order chi connectivity index (χ0) is 13.7. The molecule has 0 heterocycles. The van der Waals surface area contributed by atoms with Gasteiger partial charge in [0.15, 0.2) is 9.84 Å². The molecule has 0 aromatic carbocycles. The third-order valence-electron chi connectivity index (χ3n) is 2.24. The molecular formula is C9H18O6S2. The first-order valence-corrected chi connectivity index (χ1v) is 8.82. The molecule has 17 heavy (non-hydrogen) atoms. The monoisotopic (exact) mass is 286 g/mol. The van der Waals surface area contributed by atoms with Gasteiger partial charge in [0, 0.05) is 6.26 Å². The Morgan fingerprint density at radius 3 is 2.12 bits per heavy atom. The predicted molar refractivity (Wildman–Crippen MR) is 64.2 cm³/mol. The second-order valence-electron chi connectivity index (χ2n) is 3.94. The number of hydrogen-bond acceptors (Lipinski definition) is 6. The highest BCUT2D eigenvalue weighted by Crippen LogP contribution is 2.09. The van der Waals surface area contributed by atoms with Crippen LogP contribution in [0.2, 0.25) is 0 Å². The van der Waals surface area contributed by atoms with Gasteiger partial charge in [-0.25, -0.2) is 16.8 Å². The number of hydrogen-bond donors (Lipinski definition) is 0. The van der Waals surface area contributed by atoms with Crippen LogP contribution in [0.5, 0.6) is 0 Å². The van der Waals surface area contributed by atoms with Crippen molar-refractivity contribution in [3.63, 3.8) is 0 Å². The molecule has 0 radical (unpaired) electrons. The smallest absolute Gasteiger partial charge is 0.306 e. The maximum absolute atomic E-state index is 11.7. The fourth-order valence-electron chi connectivity index (χ4n) is 1.17. The van der Waals surface area contributed by atoms with Gasteiger partial charge >= 0.3 is 5.97 Å². The van der Waals surface area contributed by atoms with Crippen LogP contribution in [-0.4, -0.2) is 52.9 Å². The second kappa shape index (κ2) is 6.34. The molecule has 0 fully saturated rings. The first-order chi connectivity index (χ1) is 7.58. The molecule has 0 saturated heterocycles. The van der Waals surface area contributed by atoms with Gasteiger partial charge in [-0.3, -0.25) is 4.79 Å². The minimum atomic E-state index is -3.45. The number of carbonyl (C=O) groups excluding carboxylic acids is 1. The van der Waals surface area contributed by atoms with E-state index in [1.165, 1.54) is 14.0 Å². The normalized spacial score (nSPS) is 14.3. The highest BCUT2D eigenvalue weighted by Gasteiger charge is 2.24. The Morgan fingerprint density at radius 2 is 1.71 bits per heavy atom. The van der Waals surface area contributed by atoms with Gasteiger partial charge in [0.1, 0.15) is 9.84 Å².